The molecule has 3 aromatic rings. The third-order valence-electron chi connectivity index (χ3n) is 4.45. The van der Waals surface area contributed by atoms with Crippen LogP contribution in [0.5, 0.6) is 0 Å². The Morgan fingerprint density at radius 1 is 1.00 bits per heavy atom. The molecule has 0 radical (unpaired) electrons. The first-order valence-electron chi connectivity index (χ1n) is 8.05. The van der Waals surface area contributed by atoms with Crippen molar-refractivity contribution in [3.8, 4) is 11.1 Å². The summed E-state index contributed by atoms with van der Waals surface area (Å²) in [5.74, 6) is 0.417. The van der Waals surface area contributed by atoms with Crippen LogP contribution in [0.1, 0.15) is 5.56 Å². The molecule has 2 heterocycles. The first-order valence-corrected chi connectivity index (χ1v) is 8.05. The minimum absolute atomic E-state index is 0.417. The smallest absolute Gasteiger partial charge is 0.175 e. The van der Waals surface area contributed by atoms with Gasteiger partial charge in [-0.05, 0) is 23.3 Å². The molecule has 0 unspecified atom stereocenters. The fourth-order valence-corrected chi connectivity index (χ4v) is 3.15. The quantitative estimate of drug-likeness (QED) is 0.719. The molecule has 1 aliphatic rings. The molecule has 6 heteroatoms. The number of hydrogen-bond acceptors (Lipinski definition) is 6. The summed E-state index contributed by atoms with van der Waals surface area (Å²) in [6, 6.07) is 11.9. The zero-order chi connectivity index (χ0) is 16.5. The molecule has 0 aliphatic carbocycles. The SMILES string of the molecule is Nc1ccc(-c2ccc(CN3CCOCC3)c3onc(N)c23)cc1. The number of benzene rings is 2. The van der Waals surface area contributed by atoms with Crippen LogP contribution in [0.15, 0.2) is 40.9 Å². The monoisotopic (exact) mass is 324 g/mol. The first-order chi connectivity index (χ1) is 11.7. The highest BCUT2D eigenvalue weighted by molar-refractivity contribution is 6.02. The third-order valence-corrected chi connectivity index (χ3v) is 4.45. The maximum atomic E-state index is 6.08. The molecule has 24 heavy (non-hydrogen) atoms. The van der Waals surface area contributed by atoms with Gasteiger partial charge in [0.05, 0.1) is 18.6 Å². The Balaban J connectivity index is 1.76. The van der Waals surface area contributed by atoms with Crippen LogP contribution in [0, 0.1) is 0 Å². The van der Waals surface area contributed by atoms with E-state index in [0.29, 0.717) is 5.82 Å². The minimum Gasteiger partial charge on any atom is -0.399 e. The molecule has 0 atom stereocenters. The lowest BCUT2D eigenvalue weighted by atomic mass is 9.98. The topological polar surface area (TPSA) is 90.5 Å². The van der Waals surface area contributed by atoms with E-state index in [0.717, 1.165) is 66.2 Å². The van der Waals surface area contributed by atoms with Crippen molar-refractivity contribution in [2.75, 3.05) is 37.8 Å². The Morgan fingerprint density at radius 3 is 2.50 bits per heavy atom. The van der Waals surface area contributed by atoms with Crippen molar-refractivity contribution in [1.29, 1.82) is 0 Å². The van der Waals surface area contributed by atoms with E-state index in [2.05, 4.69) is 22.2 Å². The molecule has 0 saturated carbocycles. The predicted octanol–water partition coefficient (Wildman–Crippen LogP) is 2.49. The van der Waals surface area contributed by atoms with E-state index in [1.165, 1.54) is 0 Å². The highest BCUT2D eigenvalue weighted by atomic mass is 16.5. The van der Waals surface area contributed by atoms with Crippen molar-refractivity contribution in [2.45, 2.75) is 6.54 Å². The maximum absolute atomic E-state index is 6.08. The number of nitrogens with two attached hydrogens (primary N) is 2. The highest BCUT2D eigenvalue weighted by Gasteiger charge is 2.18. The second-order valence-corrected chi connectivity index (χ2v) is 6.05. The molecule has 1 fully saturated rings. The number of hydrogen-bond donors (Lipinski definition) is 2. The average molecular weight is 324 g/mol. The molecular weight excluding hydrogens is 304 g/mol. The number of nitrogen functional groups attached to an aromatic ring is 2. The van der Waals surface area contributed by atoms with Crippen molar-refractivity contribution in [1.82, 2.24) is 10.1 Å². The van der Waals surface area contributed by atoms with Crippen molar-refractivity contribution < 1.29 is 9.26 Å². The number of morpholine rings is 1. The van der Waals surface area contributed by atoms with E-state index >= 15 is 0 Å². The summed E-state index contributed by atoms with van der Waals surface area (Å²) in [4.78, 5) is 2.35. The third kappa shape index (κ3) is 2.70. The van der Waals surface area contributed by atoms with E-state index < -0.39 is 0 Å². The summed E-state index contributed by atoms with van der Waals surface area (Å²) in [6.07, 6.45) is 0. The molecule has 1 aliphatic heterocycles. The van der Waals surface area contributed by atoms with Gasteiger partial charge in [0.2, 0.25) is 0 Å². The fourth-order valence-electron chi connectivity index (χ4n) is 3.15. The fraction of sp³-hybridized carbons (Fsp3) is 0.278. The van der Waals surface area contributed by atoms with Crippen LogP contribution in [0.3, 0.4) is 0 Å². The molecular formula is C18H20N4O2. The zero-order valence-corrected chi connectivity index (χ0v) is 13.4. The van der Waals surface area contributed by atoms with Crippen LogP contribution in [0.4, 0.5) is 11.5 Å². The van der Waals surface area contributed by atoms with Gasteiger partial charge in [-0.3, -0.25) is 4.90 Å². The Hall–Kier alpha value is -2.57. The van der Waals surface area contributed by atoms with Gasteiger partial charge in [-0.25, -0.2) is 0 Å². The van der Waals surface area contributed by atoms with E-state index in [-0.39, 0.29) is 0 Å². The largest absolute Gasteiger partial charge is 0.399 e. The average Bonchev–Trinajstić information content (AvgIpc) is 3.00. The van der Waals surface area contributed by atoms with Gasteiger partial charge in [0.15, 0.2) is 11.4 Å². The Labute approximate surface area is 140 Å². The van der Waals surface area contributed by atoms with Gasteiger partial charge in [0, 0.05) is 30.9 Å². The number of ether oxygens (including phenoxy) is 1. The lowest BCUT2D eigenvalue weighted by Gasteiger charge is -2.26. The van der Waals surface area contributed by atoms with Gasteiger partial charge < -0.3 is 20.7 Å². The lowest BCUT2D eigenvalue weighted by Crippen LogP contribution is -2.35. The van der Waals surface area contributed by atoms with E-state index in [4.69, 9.17) is 20.7 Å². The molecule has 6 nitrogen and oxygen atoms in total. The molecule has 1 saturated heterocycles. The zero-order valence-electron chi connectivity index (χ0n) is 13.4. The van der Waals surface area contributed by atoms with Gasteiger partial charge >= 0.3 is 0 Å². The van der Waals surface area contributed by atoms with Crippen LogP contribution in [-0.4, -0.2) is 36.4 Å². The normalized spacial score (nSPS) is 15.8. The Kier molecular flexibility index (Phi) is 3.84. The number of fused-ring (bicyclic) bond motifs is 1. The van der Waals surface area contributed by atoms with Crippen LogP contribution >= 0.6 is 0 Å². The number of anilines is 2. The summed E-state index contributed by atoms with van der Waals surface area (Å²) >= 11 is 0. The summed E-state index contributed by atoms with van der Waals surface area (Å²) < 4.78 is 11.0. The predicted molar refractivity (Wildman–Crippen MR) is 94.4 cm³/mol. The summed E-state index contributed by atoms with van der Waals surface area (Å²) in [5, 5.41) is 4.85. The van der Waals surface area contributed by atoms with E-state index in [1.54, 1.807) is 0 Å². The van der Waals surface area contributed by atoms with Crippen LogP contribution in [-0.2, 0) is 11.3 Å². The van der Waals surface area contributed by atoms with Gasteiger partial charge in [-0.1, -0.05) is 29.4 Å². The summed E-state index contributed by atoms with van der Waals surface area (Å²) in [5.41, 5.74) is 16.5. The maximum Gasteiger partial charge on any atom is 0.175 e. The molecule has 4 N–H and O–H groups in total. The number of nitrogens with zero attached hydrogens (tertiary/aromatic N) is 2. The van der Waals surface area contributed by atoms with Crippen LogP contribution in [0.25, 0.3) is 22.1 Å². The standard InChI is InChI=1S/C18H20N4O2/c19-14-4-1-12(2-5-14)15-6-3-13(11-22-7-9-23-10-8-22)17-16(15)18(20)21-24-17/h1-6H,7-11,19H2,(H2,20,21). The highest BCUT2D eigenvalue weighted by Crippen LogP contribution is 2.35. The lowest BCUT2D eigenvalue weighted by molar-refractivity contribution is 0.0342. The van der Waals surface area contributed by atoms with Gasteiger partial charge in [-0.2, -0.15) is 0 Å². The van der Waals surface area contributed by atoms with Crippen molar-refractivity contribution in [3.05, 3.63) is 42.0 Å². The second kappa shape index (κ2) is 6.14. The van der Waals surface area contributed by atoms with Crippen molar-refractivity contribution >= 4 is 22.5 Å². The van der Waals surface area contributed by atoms with E-state index in [9.17, 15) is 0 Å². The molecule has 124 valence electrons. The van der Waals surface area contributed by atoms with Crippen molar-refractivity contribution in [3.63, 3.8) is 0 Å². The molecule has 0 bridgehead atoms. The Bertz CT molecular complexity index is 851. The summed E-state index contributed by atoms with van der Waals surface area (Å²) in [7, 11) is 0. The van der Waals surface area contributed by atoms with Crippen molar-refractivity contribution in [2.24, 2.45) is 0 Å². The Morgan fingerprint density at radius 2 is 1.75 bits per heavy atom. The minimum atomic E-state index is 0.417. The van der Waals surface area contributed by atoms with Crippen LogP contribution in [0.2, 0.25) is 0 Å². The molecule has 0 amide bonds. The molecule has 0 spiro atoms. The second-order valence-electron chi connectivity index (χ2n) is 6.05. The van der Waals surface area contributed by atoms with Crippen LogP contribution < -0.4 is 11.5 Å². The van der Waals surface area contributed by atoms with Gasteiger partial charge in [0.25, 0.3) is 0 Å². The molecule has 4 rings (SSSR count). The number of rotatable bonds is 3. The molecule has 2 aromatic carbocycles. The first kappa shape index (κ1) is 15.0. The van der Waals surface area contributed by atoms with Gasteiger partial charge in [0.1, 0.15) is 0 Å². The summed E-state index contributed by atoms with van der Waals surface area (Å²) in [6.45, 7) is 4.18. The van der Waals surface area contributed by atoms with E-state index in [1.807, 2.05) is 24.3 Å². The number of aromatic nitrogens is 1. The molecule has 1 aromatic heterocycles. The van der Waals surface area contributed by atoms with Gasteiger partial charge in [-0.15, -0.1) is 0 Å².